The Morgan fingerprint density at radius 1 is 1.14 bits per heavy atom. The zero-order valence-corrected chi connectivity index (χ0v) is 20.5. The van der Waals surface area contributed by atoms with Crippen LogP contribution in [0.3, 0.4) is 0 Å². The summed E-state index contributed by atoms with van der Waals surface area (Å²) in [6.45, 7) is 7.36. The number of nitrogens with zero attached hydrogens (tertiary/aromatic N) is 4. The number of aromatic nitrogens is 3. The molecule has 0 aliphatic carbocycles. The molecule has 37 heavy (non-hydrogen) atoms. The minimum atomic E-state index is -0.316. The highest BCUT2D eigenvalue weighted by molar-refractivity contribution is 6.00. The van der Waals surface area contributed by atoms with E-state index in [9.17, 15) is 9.18 Å². The number of rotatable bonds is 9. The number of carbonyl (C=O) groups excluding carboxylic acids is 1. The second-order valence-electron chi connectivity index (χ2n) is 9.01. The smallest absolute Gasteiger partial charge is 0.247 e. The van der Waals surface area contributed by atoms with Gasteiger partial charge in [0.05, 0.1) is 23.4 Å². The van der Waals surface area contributed by atoms with Gasteiger partial charge < -0.3 is 16.0 Å². The van der Waals surface area contributed by atoms with Crippen LogP contribution >= 0.6 is 0 Å². The van der Waals surface area contributed by atoms with E-state index in [0.29, 0.717) is 18.2 Å². The van der Waals surface area contributed by atoms with Crippen molar-refractivity contribution in [3.05, 3.63) is 79.1 Å². The van der Waals surface area contributed by atoms with E-state index in [4.69, 9.17) is 4.98 Å². The molecule has 1 aliphatic heterocycles. The van der Waals surface area contributed by atoms with Gasteiger partial charge in [0.2, 0.25) is 11.9 Å². The van der Waals surface area contributed by atoms with Gasteiger partial charge in [0.15, 0.2) is 0 Å². The average Bonchev–Trinajstić information content (AvgIpc) is 2.88. The molecule has 1 saturated heterocycles. The zero-order chi connectivity index (χ0) is 25.8. The zero-order valence-electron chi connectivity index (χ0n) is 20.5. The Morgan fingerprint density at radius 3 is 2.76 bits per heavy atom. The van der Waals surface area contributed by atoms with E-state index in [0.717, 1.165) is 52.2 Å². The normalized spacial score (nSPS) is 13.7. The monoisotopic (exact) mass is 497 g/mol. The number of amides is 1. The van der Waals surface area contributed by atoms with Crippen LogP contribution in [0.2, 0.25) is 0 Å². The minimum Gasteiger partial charge on any atom is -0.365 e. The van der Waals surface area contributed by atoms with Crippen molar-refractivity contribution >= 4 is 40.0 Å². The lowest BCUT2D eigenvalue weighted by Crippen LogP contribution is -2.55. The summed E-state index contributed by atoms with van der Waals surface area (Å²) >= 11 is 0. The number of likely N-dealkylation sites (tertiary alicyclic amines) is 1. The van der Waals surface area contributed by atoms with Gasteiger partial charge >= 0.3 is 0 Å². The van der Waals surface area contributed by atoms with Crippen molar-refractivity contribution in [2.75, 3.05) is 42.3 Å². The first-order valence-electron chi connectivity index (χ1n) is 12.1. The Balaban J connectivity index is 1.36. The van der Waals surface area contributed by atoms with Crippen molar-refractivity contribution in [3.63, 3.8) is 0 Å². The van der Waals surface area contributed by atoms with E-state index in [1.165, 1.54) is 6.08 Å². The maximum atomic E-state index is 12.4. The van der Waals surface area contributed by atoms with Crippen LogP contribution in [0.25, 0.3) is 22.0 Å². The highest BCUT2D eigenvalue weighted by Gasteiger charge is 2.26. The van der Waals surface area contributed by atoms with E-state index >= 15 is 0 Å². The molecule has 0 saturated carbocycles. The van der Waals surface area contributed by atoms with Crippen molar-refractivity contribution in [2.45, 2.75) is 13.0 Å². The molecule has 1 amide bonds. The minimum absolute atomic E-state index is 0.262. The summed E-state index contributed by atoms with van der Waals surface area (Å²) in [5.74, 6) is 0.969. The van der Waals surface area contributed by atoms with Gasteiger partial charge in [-0.15, -0.1) is 0 Å². The quantitative estimate of drug-likeness (QED) is 0.282. The van der Waals surface area contributed by atoms with Crippen molar-refractivity contribution in [3.8, 4) is 11.1 Å². The third kappa shape index (κ3) is 5.57. The summed E-state index contributed by atoms with van der Waals surface area (Å²) in [6.07, 6.45) is 4.77. The van der Waals surface area contributed by atoms with Crippen LogP contribution in [0.15, 0.2) is 73.6 Å². The summed E-state index contributed by atoms with van der Waals surface area (Å²) in [5.41, 5.74) is 5.22. The van der Waals surface area contributed by atoms with E-state index in [1.54, 1.807) is 12.4 Å². The van der Waals surface area contributed by atoms with Gasteiger partial charge in [-0.05, 0) is 48.4 Å². The molecule has 1 fully saturated rings. The molecule has 0 radical (unpaired) electrons. The lowest BCUT2D eigenvalue weighted by molar-refractivity contribution is -0.111. The number of fused-ring (bicyclic) bond motifs is 1. The third-order valence-corrected chi connectivity index (χ3v) is 6.29. The predicted octanol–water partition coefficient (Wildman–Crippen LogP) is 4.93. The average molecular weight is 498 g/mol. The molecule has 0 spiro atoms. The third-order valence-electron chi connectivity index (χ3n) is 6.29. The number of alkyl halides is 1. The first-order chi connectivity index (χ1) is 18.0. The molecule has 3 N–H and O–H groups in total. The SMILES string of the molecule is C=CC(=O)Nc1cccc(-c2c(C)ccc3cnc(Nc4ccc(NC5CN(CCF)C5)nc4)nc23)c1. The van der Waals surface area contributed by atoms with Gasteiger partial charge in [-0.3, -0.25) is 9.69 Å². The molecule has 0 bridgehead atoms. The lowest BCUT2D eigenvalue weighted by atomic mass is 9.97. The second kappa shape index (κ2) is 10.7. The largest absolute Gasteiger partial charge is 0.365 e. The fourth-order valence-electron chi connectivity index (χ4n) is 4.42. The maximum absolute atomic E-state index is 12.4. The second-order valence-corrected chi connectivity index (χ2v) is 9.01. The van der Waals surface area contributed by atoms with E-state index in [2.05, 4.69) is 37.4 Å². The molecular weight excluding hydrogens is 469 g/mol. The number of carbonyl (C=O) groups is 1. The van der Waals surface area contributed by atoms with Crippen LogP contribution < -0.4 is 16.0 Å². The number of hydrogen-bond acceptors (Lipinski definition) is 7. The van der Waals surface area contributed by atoms with Gasteiger partial charge in [-0.1, -0.05) is 30.8 Å². The number of benzene rings is 2. The molecule has 0 unspecified atom stereocenters. The first kappa shape index (κ1) is 24.3. The van der Waals surface area contributed by atoms with Gasteiger partial charge in [-0.2, -0.15) is 0 Å². The molecule has 3 heterocycles. The van der Waals surface area contributed by atoms with E-state index in [1.807, 2.05) is 55.5 Å². The lowest BCUT2D eigenvalue weighted by Gasteiger charge is -2.39. The number of pyridine rings is 1. The Hall–Kier alpha value is -4.37. The molecule has 4 aromatic rings. The fraction of sp³-hybridized carbons (Fsp3) is 0.214. The fourth-order valence-corrected chi connectivity index (χ4v) is 4.42. The van der Waals surface area contributed by atoms with Gasteiger partial charge in [0, 0.05) is 42.5 Å². The van der Waals surface area contributed by atoms with Crippen molar-refractivity contribution in [1.29, 1.82) is 0 Å². The Labute approximate surface area is 214 Å². The molecule has 2 aromatic heterocycles. The molecule has 188 valence electrons. The number of hydrogen-bond donors (Lipinski definition) is 3. The summed E-state index contributed by atoms with van der Waals surface area (Å²) in [6, 6.07) is 15.8. The molecule has 2 aromatic carbocycles. The number of anilines is 4. The van der Waals surface area contributed by atoms with Gasteiger partial charge in [-0.25, -0.2) is 19.3 Å². The highest BCUT2D eigenvalue weighted by Crippen LogP contribution is 2.33. The predicted molar refractivity (Wildman–Crippen MR) is 146 cm³/mol. The van der Waals surface area contributed by atoms with E-state index in [-0.39, 0.29) is 18.6 Å². The van der Waals surface area contributed by atoms with Crippen molar-refractivity contribution in [1.82, 2.24) is 19.9 Å². The molecular formula is C28H28FN7O. The Morgan fingerprint density at radius 2 is 2.00 bits per heavy atom. The molecule has 9 heteroatoms. The Kier molecular flexibility index (Phi) is 7.04. The van der Waals surface area contributed by atoms with Crippen molar-refractivity contribution < 1.29 is 9.18 Å². The van der Waals surface area contributed by atoms with Crippen LogP contribution in [0, 0.1) is 6.92 Å². The van der Waals surface area contributed by atoms with Crippen LogP contribution in [-0.4, -0.2) is 58.1 Å². The molecule has 8 nitrogen and oxygen atoms in total. The summed E-state index contributed by atoms with van der Waals surface area (Å²) in [5, 5.41) is 10.3. The summed E-state index contributed by atoms with van der Waals surface area (Å²) in [4.78, 5) is 27.6. The van der Waals surface area contributed by atoms with Crippen LogP contribution in [-0.2, 0) is 4.79 Å². The van der Waals surface area contributed by atoms with Gasteiger partial charge in [0.25, 0.3) is 0 Å². The molecule has 5 rings (SSSR count). The van der Waals surface area contributed by atoms with E-state index < -0.39 is 0 Å². The standard InChI is InChI=1S/C28H28FN7O/c1-3-25(37)33-21-6-4-5-19(13-21)26-18(2)7-8-20-14-31-28(35-27(20)26)34-22-9-10-24(30-15-22)32-23-16-36(17-23)12-11-29/h3-10,13-15,23H,1,11-12,16-17H2,2H3,(H,30,32)(H,33,37)(H,31,34,35). The van der Waals surface area contributed by atoms with Gasteiger partial charge in [0.1, 0.15) is 12.5 Å². The van der Waals surface area contributed by atoms with Crippen molar-refractivity contribution in [2.24, 2.45) is 0 Å². The number of nitrogens with one attached hydrogen (secondary N) is 3. The summed E-state index contributed by atoms with van der Waals surface area (Å²) < 4.78 is 12.4. The molecule has 1 aliphatic rings. The Bertz CT molecular complexity index is 1430. The van der Waals surface area contributed by atoms with Crippen LogP contribution in [0.4, 0.5) is 27.5 Å². The van der Waals surface area contributed by atoms with Crippen LogP contribution in [0.5, 0.6) is 0 Å². The maximum Gasteiger partial charge on any atom is 0.247 e. The topological polar surface area (TPSA) is 95.1 Å². The number of halogens is 1. The summed E-state index contributed by atoms with van der Waals surface area (Å²) in [7, 11) is 0. The van der Waals surface area contributed by atoms with Crippen LogP contribution in [0.1, 0.15) is 5.56 Å². The molecule has 0 atom stereocenters. The number of aryl methyl sites for hydroxylation is 1. The highest BCUT2D eigenvalue weighted by atomic mass is 19.1. The first-order valence-corrected chi connectivity index (χ1v) is 12.1.